The van der Waals surface area contributed by atoms with E-state index in [4.69, 9.17) is 5.73 Å². The van der Waals surface area contributed by atoms with Gasteiger partial charge in [0.2, 0.25) is 0 Å². The molecule has 2 N–H and O–H groups in total. The van der Waals surface area contributed by atoms with Crippen molar-refractivity contribution >= 4 is 20.9 Å². The molecule has 1 aliphatic carbocycles. The second-order valence-electron chi connectivity index (χ2n) is 6.89. The molecule has 1 fully saturated rings. The monoisotopic (exact) mass is 354 g/mol. The van der Waals surface area contributed by atoms with Gasteiger partial charge in [-0.05, 0) is 37.1 Å². The van der Waals surface area contributed by atoms with Crippen LogP contribution in [0.15, 0.2) is 65.6 Å². The summed E-state index contributed by atoms with van der Waals surface area (Å²) in [7, 11) is -3.70. The van der Waals surface area contributed by atoms with Gasteiger partial charge in [0.05, 0.1) is 21.6 Å². The number of hydrogen-bond donors (Lipinski definition) is 1. The summed E-state index contributed by atoms with van der Waals surface area (Å²) in [4.78, 5) is 0.289. The van der Waals surface area contributed by atoms with E-state index in [1.165, 1.54) is 3.97 Å². The Morgan fingerprint density at radius 3 is 2.24 bits per heavy atom. The summed E-state index contributed by atoms with van der Waals surface area (Å²) in [6, 6.07) is 18.1. The molecule has 1 aromatic heterocycles. The number of benzene rings is 2. The first kappa shape index (κ1) is 16.4. The molecular weight excluding hydrogens is 332 g/mol. The van der Waals surface area contributed by atoms with E-state index in [0.717, 1.165) is 37.5 Å². The predicted octanol–water partition coefficient (Wildman–Crippen LogP) is 4.00. The highest BCUT2D eigenvalue weighted by molar-refractivity contribution is 7.90. The molecule has 5 heteroatoms. The highest BCUT2D eigenvalue weighted by Gasteiger charge is 2.36. The van der Waals surface area contributed by atoms with Crippen LogP contribution in [0.4, 0.5) is 0 Å². The smallest absolute Gasteiger partial charge is 0.268 e. The van der Waals surface area contributed by atoms with Gasteiger partial charge < -0.3 is 5.73 Å². The molecule has 25 heavy (non-hydrogen) atoms. The third-order valence-electron chi connectivity index (χ3n) is 5.20. The standard InChI is InChI=1S/C20H22N2O2S/c21-20(13-7-2-8-14-20)19-15-16-9-5-6-12-18(16)22(19)25(23,24)17-10-3-1-4-11-17/h1,3-6,9-12,15H,2,7-8,13-14,21H2. The Morgan fingerprint density at radius 2 is 1.52 bits per heavy atom. The molecule has 3 aromatic rings. The summed E-state index contributed by atoms with van der Waals surface area (Å²) in [5.41, 5.74) is 7.53. The van der Waals surface area contributed by atoms with Crippen molar-refractivity contribution in [2.75, 3.05) is 0 Å². The maximum atomic E-state index is 13.4. The Kier molecular flexibility index (Phi) is 3.93. The highest BCUT2D eigenvalue weighted by Crippen LogP contribution is 2.39. The molecular formula is C20H22N2O2S. The molecule has 0 atom stereocenters. The number of para-hydroxylation sites is 1. The number of rotatable bonds is 3. The van der Waals surface area contributed by atoms with Gasteiger partial charge in [-0.25, -0.2) is 12.4 Å². The normalized spacial score (nSPS) is 17.6. The Balaban J connectivity index is 2.01. The van der Waals surface area contributed by atoms with E-state index in [1.807, 2.05) is 36.4 Å². The first-order valence-electron chi connectivity index (χ1n) is 8.73. The van der Waals surface area contributed by atoms with Gasteiger partial charge >= 0.3 is 0 Å². The molecule has 0 saturated heterocycles. The topological polar surface area (TPSA) is 65.1 Å². The Hall–Kier alpha value is -2.11. The summed E-state index contributed by atoms with van der Waals surface area (Å²) in [5.74, 6) is 0. The zero-order chi connectivity index (χ0) is 17.5. The molecule has 0 aliphatic heterocycles. The minimum atomic E-state index is -3.70. The summed E-state index contributed by atoms with van der Waals surface area (Å²) >= 11 is 0. The predicted molar refractivity (Wildman–Crippen MR) is 99.9 cm³/mol. The van der Waals surface area contributed by atoms with Crippen molar-refractivity contribution in [3.8, 4) is 0 Å². The molecule has 0 spiro atoms. The second kappa shape index (κ2) is 6.00. The number of nitrogens with zero attached hydrogens (tertiary/aromatic N) is 1. The fourth-order valence-electron chi connectivity index (χ4n) is 3.87. The highest BCUT2D eigenvalue weighted by atomic mass is 32.2. The summed E-state index contributed by atoms with van der Waals surface area (Å²) < 4.78 is 28.3. The lowest BCUT2D eigenvalue weighted by molar-refractivity contribution is 0.294. The van der Waals surface area contributed by atoms with Crippen LogP contribution in [0.5, 0.6) is 0 Å². The summed E-state index contributed by atoms with van der Waals surface area (Å²) in [6.07, 6.45) is 4.85. The van der Waals surface area contributed by atoms with Crippen LogP contribution in [-0.4, -0.2) is 12.4 Å². The summed E-state index contributed by atoms with van der Waals surface area (Å²) in [5, 5.41) is 0.910. The van der Waals surface area contributed by atoms with Gasteiger partial charge in [-0.2, -0.15) is 0 Å². The van der Waals surface area contributed by atoms with E-state index >= 15 is 0 Å². The van der Waals surface area contributed by atoms with Crippen LogP contribution in [0.1, 0.15) is 37.8 Å². The van der Waals surface area contributed by atoms with Crippen molar-refractivity contribution in [3.05, 3.63) is 66.4 Å². The zero-order valence-corrected chi connectivity index (χ0v) is 14.9. The van der Waals surface area contributed by atoms with E-state index in [0.29, 0.717) is 11.2 Å². The van der Waals surface area contributed by atoms with Gasteiger partial charge in [0, 0.05) is 5.39 Å². The summed E-state index contributed by atoms with van der Waals surface area (Å²) in [6.45, 7) is 0. The molecule has 1 heterocycles. The third kappa shape index (κ3) is 2.68. The number of hydrogen-bond acceptors (Lipinski definition) is 3. The van der Waals surface area contributed by atoms with E-state index < -0.39 is 15.6 Å². The van der Waals surface area contributed by atoms with Crippen molar-refractivity contribution in [1.82, 2.24) is 3.97 Å². The van der Waals surface area contributed by atoms with Crippen molar-refractivity contribution in [1.29, 1.82) is 0 Å². The molecule has 130 valence electrons. The van der Waals surface area contributed by atoms with Gasteiger partial charge in [0.25, 0.3) is 10.0 Å². The van der Waals surface area contributed by atoms with Crippen LogP contribution in [-0.2, 0) is 15.6 Å². The number of aromatic nitrogens is 1. The quantitative estimate of drug-likeness (QED) is 0.773. The van der Waals surface area contributed by atoms with E-state index in [-0.39, 0.29) is 4.90 Å². The minimum Gasteiger partial charge on any atom is -0.320 e. The molecule has 0 amide bonds. The molecule has 4 rings (SSSR count). The molecule has 4 nitrogen and oxygen atoms in total. The first-order chi connectivity index (χ1) is 12.0. The SMILES string of the molecule is NC1(c2cc3ccccc3n2S(=O)(=O)c2ccccc2)CCCCC1. The van der Waals surface area contributed by atoms with Crippen molar-refractivity contribution in [3.63, 3.8) is 0 Å². The van der Waals surface area contributed by atoms with Gasteiger partial charge in [-0.1, -0.05) is 55.7 Å². The molecule has 1 aliphatic rings. The molecule has 0 unspecified atom stereocenters. The fourth-order valence-corrected chi connectivity index (χ4v) is 5.50. The van der Waals surface area contributed by atoms with Crippen LogP contribution in [0.3, 0.4) is 0 Å². The van der Waals surface area contributed by atoms with Gasteiger partial charge in [0.15, 0.2) is 0 Å². The van der Waals surface area contributed by atoms with E-state index in [1.54, 1.807) is 24.3 Å². The Labute approximate surface area is 148 Å². The third-order valence-corrected chi connectivity index (χ3v) is 6.95. The largest absolute Gasteiger partial charge is 0.320 e. The minimum absolute atomic E-state index is 0.289. The average molecular weight is 354 g/mol. The average Bonchev–Trinajstić information content (AvgIpc) is 3.04. The van der Waals surface area contributed by atoms with Crippen LogP contribution >= 0.6 is 0 Å². The Bertz CT molecular complexity index is 1000. The fraction of sp³-hybridized carbons (Fsp3) is 0.300. The van der Waals surface area contributed by atoms with Gasteiger partial charge in [-0.15, -0.1) is 0 Å². The van der Waals surface area contributed by atoms with Crippen LogP contribution < -0.4 is 5.73 Å². The first-order valence-corrected chi connectivity index (χ1v) is 10.2. The lowest BCUT2D eigenvalue weighted by Crippen LogP contribution is -2.41. The van der Waals surface area contributed by atoms with Crippen LogP contribution in [0.2, 0.25) is 0 Å². The van der Waals surface area contributed by atoms with Crippen molar-refractivity contribution in [2.24, 2.45) is 5.73 Å². The van der Waals surface area contributed by atoms with Gasteiger partial charge in [-0.3, -0.25) is 0 Å². The van der Waals surface area contributed by atoms with Gasteiger partial charge in [0.1, 0.15) is 0 Å². The lowest BCUT2D eigenvalue weighted by atomic mass is 9.80. The number of nitrogens with two attached hydrogens (primary N) is 1. The molecule has 0 radical (unpaired) electrons. The maximum absolute atomic E-state index is 13.4. The maximum Gasteiger partial charge on any atom is 0.268 e. The van der Waals surface area contributed by atoms with E-state index in [9.17, 15) is 8.42 Å². The van der Waals surface area contributed by atoms with Crippen molar-refractivity contribution in [2.45, 2.75) is 42.5 Å². The molecule has 1 saturated carbocycles. The molecule has 0 bridgehead atoms. The Morgan fingerprint density at radius 1 is 0.880 bits per heavy atom. The lowest BCUT2D eigenvalue weighted by Gasteiger charge is -2.34. The second-order valence-corrected chi connectivity index (χ2v) is 8.67. The zero-order valence-electron chi connectivity index (χ0n) is 14.1. The van der Waals surface area contributed by atoms with Crippen LogP contribution in [0, 0.1) is 0 Å². The number of fused-ring (bicyclic) bond motifs is 1. The van der Waals surface area contributed by atoms with E-state index in [2.05, 4.69) is 0 Å². The van der Waals surface area contributed by atoms with Crippen molar-refractivity contribution < 1.29 is 8.42 Å². The molecule has 2 aromatic carbocycles. The van der Waals surface area contributed by atoms with Crippen LogP contribution in [0.25, 0.3) is 10.9 Å².